The van der Waals surface area contributed by atoms with Gasteiger partial charge in [-0.1, -0.05) is 36.0 Å². The molecule has 2 aliphatic rings. The molecule has 0 bridgehead atoms. The number of primary amides is 1. The number of primary sulfonamides is 1. The van der Waals surface area contributed by atoms with Gasteiger partial charge in [-0.3, -0.25) is 24.2 Å². The standard InChI is InChI=1S/C29H29N7O6S2/c30-26(38)19-4-1-5-20(14-19)34-29-36(17-18-8-10-22(11-9-18)35-13-3-12-32-28(35)40)27(39)24(43-29)16-25(37)33-21-6-2-7-23(15-21)44(31,41)42/h1-2,4-11,14-15,24H,3,12-13,16-17H2,(H2,30,38)(H,32,40)(H,33,37)(H2,31,41,42). The number of carbonyl (C=O) groups excluding carboxylic acids is 4. The van der Waals surface area contributed by atoms with E-state index in [-0.39, 0.29) is 41.1 Å². The summed E-state index contributed by atoms with van der Waals surface area (Å²) in [5.74, 6) is -1.49. The highest BCUT2D eigenvalue weighted by atomic mass is 32.2. The molecular formula is C29H29N7O6S2. The Morgan fingerprint density at radius 2 is 1.80 bits per heavy atom. The van der Waals surface area contributed by atoms with Crippen molar-refractivity contribution in [3.63, 3.8) is 0 Å². The van der Waals surface area contributed by atoms with Crippen LogP contribution in [-0.4, -0.2) is 60.6 Å². The summed E-state index contributed by atoms with van der Waals surface area (Å²) in [5, 5.41) is 10.1. The number of amides is 5. The summed E-state index contributed by atoms with van der Waals surface area (Å²) in [6.07, 6.45) is 0.610. The maximum Gasteiger partial charge on any atom is 0.321 e. The maximum absolute atomic E-state index is 13.6. The monoisotopic (exact) mass is 635 g/mol. The summed E-state index contributed by atoms with van der Waals surface area (Å²) in [4.78, 5) is 58.1. The number of nitrogens with zero attached hydrogens (tertiary/aromatic N) is 3. The molecule has 1 unspecified atom stereocenters. The third kappa shape index (κ3) is 7.24. The molecule has 0 spiro atoms. The summed E-state index contributed by atoms with van der Waals surface area (Å²) in [6, 6.07) is 18.9. The maximum atomic E-state index is 13.6. The first-order valence-corrected chi connectivity index (χ1v) is 15.9. The van der Waals surface area contributed by atoms with Gasteiger partial charge in [0.15, 0.2) is 5.17 Å². The Kier molecular flexibility index (Phi) is 8.98. The fourth-order valence-electron chi connectivity index (χ4n) is 4.68. The van der Waals surface area contributed by atoms with Crippen LogP contribution < -0.4 is 26.4 Å². The lowest BCUT2D eigenvalue weighted by Gasteiger charge is -2.27. The first kappa shape index (κ1) is 30.7. The largest absolute Gasteiger partial charge is 0.366 e. The van der Waals surface area contributed by atoms with Gasteiger partial charge in [0.2, 0.25) is 27.7 Å². The van der Waals surface area contributed by atoms with Crippen LogP contribution in [0.15, 0.2) is 82.7 Å². The molecule has 6 N–H and O–H groups in total. The molecule has 0 aliphatic carbocycles. The van der Waals surface area contributed by atoms with Gasteiger partial charge in [-0.25, -0.2) is 23.3 Å². The molecule has 1 atom stereocenters. The second-order valence-electron chi connectivity index (χ2n) is 10.1. The van der Waals surface area contributed by atoms with Crippen LogP contribution in [0.3, 0.4) is 0 Å². The number of nitrogens with two attached hydrogens (primary N) is 2. The zero-order chi connectivity index (χ0) is 31.4. The number of sulfonamides is 1. The van der Waals surface area contributed by atoms with Crippen molar-refractivity contribution >= 4 is 67.8 Å². The van der Waals surface area contributed by atoms with E-state index in [1.807, 2.05) is 24.3 Å². The number of rotatable bonds is 9. The second kappa shape index (κ2) is 12.9. The molecule has 3 aromatic rings. The third-order valence-electron chi connectivity index (χ3n) is 6.86. The van der Waals surface area contributed by atoms with E-state index in [1.54, 1.807) is 23.1 Å². The van der Waals surface area contributed by atoms with Crippen molar-refractivity contribution < 1.29 is 27.6 Å². The van der Waals surface area contributed by atoms with Crippen LogP contribution in [0, 0.1) is 0 Å². The predicted molar refractivity (Wildman–Crippen MR) is 167 cm³/mol. The van der Waals surface area contributed by atoms with E-state index >= 15 is 0 Å². The molecule has 15 heteroatoms. The van der Waals surface area contributed by atoms with Crippen LogP contribution in [-0.2, 0) is 26.2 Å². The molecule has 0 radical (unpaired) electrons. The summed E-state index contributed by atoms with van der Waals surface area (Å²) >= 11 is 1.10. The molecule has 2 fully saturated rings. The minimum Gasteiger partial charge on any atom is -0.366 e. The topological polar surface area (TPSA) is 197 Å². The number of urea groups is 1. The molecule has 2 saturated heterocycles. The fourth-order valence-corrected chi connectivity index (χ4v) is 6.40. The van der Waals surface area contributed by atoms with Crippen molar-refractivity contribution in [1.82, 2.24) is 10.2 Å². The van der Waals surface area contributed by atoms with Gasteiger partial charge in [0.05, 0.1) is 17.1 Å². The van der Waals surface area contributed by atoms with E-state index in [2.05, 4.69) is 15.6 Å². The normalized spacial score (nSPS) is 17.9. The number of amidine groups is 1. The first-order chi connectivity index (χ1) is 21.0. The molecule has 5 amide bonds. The molecule has 5 rings (SSSR count). The number of aliphatic imine (C=N–C) groups is 1. The molecule has 228 valence electrons. The van der Waals surface area contributed by atoms with E-state index < -0.39 is 27.1 Å². The number of hydrogen-bond acceptors (Lipinski definition) is 8. The van der Waals surface area contributed by atoms with Crippen molar-refractivity contribution in [1.29, 1.82) is 0 Å². The Morgan fingerprint density at radius 1 is 1.05 bits per heavy atom. The zero-order valence-electron chi connectivity index (χ0n) is 23.3. The Hall–Kier alpha value is -4.73. The number of thioether (sulfide) groups is 1. The third-order valence-corrected chi connectivity index (χ3v) is 8.95. The van der Waals surface area contributed by atoms with Crippen molar-refractivity contribution in [2.75, 3.05) is 23.3 Å². The quantitative estimate of drug-likeness (QED) is 0.277. The van der Waals surface area contributed by atoms with Crippen LogP contribution in [0.1, 0.15) is 28.8 Å². The van der Waals surface area contributed by atoms with Crippen LogP contribution >= 0.6 is 11.8 Å². The molecule has 2 heterocycles. The number of carbonyl (C=O) groups is 4. The Morgan fingerprint density at radius 3 is 2.50 bits per heavy atom. The first-order valence-electron chi connectivity index (χ1n) is 13.5. The zero-order valence-corrected chi connectivity index (χ0v) is 24.9. The highest BCUT2D eigenvalue weighted by Gasteiger charge is 2.39. The van der Waals surface area contributed by atoms with E-state index in [4.69, 9.17) is 10.9 Å². The average molecular weight is 636 g/mol. The molecule has 2 aliphatic heterocycles. The fraction of sp³-hybridized carbons (Fsp3) is 0.207. The molecule has 44 heavy (non-hydrogen) atoms. The Bertz CT molecular complexity index is 1760. The average Bonchev–Trinajstić information content (AvgIpc) is 3.26. The summed E-state index contributed by atoms with van der Waals surface area (Å²) in [6.45, 7) is 1.37. The lowest BCUT2D eigenvalue weighted by atomic mass is 10.1. The molecule has 0 aromatic heterocycles. The number of nitrogens with one attached hydrogen (secondary N) is 2. The number of benzene rings is 3. The van der Waals surface area contributed by atoms with Crippen LogP contribution in [0.4, 0.5) is 21.9 Å². The van der Waals surface area contributed by atoms with Gasteiger partial charge in [0.25, 0.3) is 0 Å². The van der Waals surface area contributed by atoms with E-state index in [0.717, 1.165) is 29.4 Å². The van der Waals surface area contributed by atoms with Gasteiger partial charge in [-0.15, -0.1) is 0 Å². The van der Waals surface area contributed by atoms with E-state index in [1.165, 1.54) is 35.2 Å². The van der Waals surface area contributed by atoms with Crippen LogP contribution in [0.25, 0.3) is 0 Å². The van der Waals surface area contributed by atoms with Crippen molar-refractivity contribution in [3.8, 4) is 0 Å². The number of hydrogen-bond donors (Lipinski definition) is 4. The summed E-state index contributed by atoms with van der Waals surface area (Å²) < 4.78 is 23.4. The highest BCUT2D eigenvalue weighted by molar-refractivity contribution is 8.15. The molecular weight excluding hydrogens is 606 g/mol. The SMILES string of the molecule is NC(=O)c1cccc(N=C2SC(CC(=O)Nc3cccc(S(N)(=O)=O)c3)C(=O)N2Cc2ccc(N3CCCNC3=O)cc2)c1. The van der Waals surface area contributed by atoms with Crippen LogP contribution in [0.5, 0.6) is 0 Å². The van der Waals surface area contributed by atoms with Gasteiger partial charge < -0.3 is 16.4 Å². The number of anilines is 2. The van der Waals surface area contributed by atoms with Crippen molar-refractivity contribution in [2.24, 2.45) is 15.9 Å². The lowest BCUT2D eigenvalue weighted by molar-refractivity contribution is -0.128. The smallest absolute Gasteiger partial charge is 0.321 e. The lowest BCUT2D eigenvalue weighted by Crippen LogP contribution is -2.46. The summed E-state index contributed by atoms with van der Waals surface area (Å²) in [7, 11) is -3.97. The second-order valence-corrected chi connectivity index (χ2v) is 12.8. The molecule has 13 nitrogen and oxygen atoms in total. The minimum absolute atomic E-state index is 0.140. The van der Waals surface area contributed by atoms with Crippen molar-refractivity contribution in [3.05, 3.63) is 83.9 Å². The van der Waals surface area contributed by atoms with Crippen molar-refractivity contribution in [2.45, 2.75) is 29.5 Å². The van der Waals surface area contributed by atoms with Gasteiger partial charge in [0.1, 0.15) is 5.25 Å². The Labute approximate surface area is 257 Å². The molecule has 3 aromatic carbocycles. The minimum atomic E-state index is -3.97. The highest BCUT2D eigenvalue weighted by Crippen LogP contribution is 2.33. The van der Waals surface area contributed by atoms with Gasteiger partial charge in [-0.05, 0) is 60.5 Å². The van der Waals surface area contributed by atoms with E-state index in [9.17, 15) is 27.6 Å². The summed E-state index contributed by atoms with van der Waals surface area (Å²) in [5.41, 5.74) is 7.78. The van der Waals surface area contributed by atoms with Gasteiger partial charge >= 0.3 is 6.03 Å². The van der Waals surface area contributed by atoms with Gasteiger partial charge in [-0.2, -0.15) is 0 Å². The van der Waals surface area contributed by atoms with E-state index in [0.29, 0.717) is 23.9 Å². The van der Waals surface area contributed by atoms with Gasteiger partial charge in [0, 0.05) is 36.4 Å². The van der Waals surface area contributed by atoms with Crippen LogP contribution in [0.2, 0.25) is 0 Å². The molecule has 0 saturated carbocycles. The Balaban J connectivity index is 1.37. The predicted octanol–water partition coefficient (Wildman–Crippen LogP) is 2.51.